The third kappa shape index (κ3) is 6.49. The first kappa shape index (κ1) is 27.7. The predicted octanol–water partition coefficient (Wildman–Crippen LogP) is 8.21. The number of ketones is 1. The van der Waals surface area contributed by atoms with E-state index in [0.717, 1.165) is 63.7 Å². The van der Waals surface area contributed by atoms with Crippen LogP contribution in [-0.2, 0) is 11.0 Å². The number of anilines is 1. The van der Waals surface area contributed by atoms with Crippen molar-refractivity contribution in [1.29, 1.82) is 0 Å². The lowest BCUT2D eigenvalue weighted by Gasteiger charge is -2.17. The molecule has 1 amide bonds. The van der Waals surface area contributed by atoms with E-state index in [0.29, 0.717) is 18.4 Å². The molecule has 0 unspecified atom stereocenters. The number of aromatic nitrogens is 2. The minimum atomic E-state index is -4.50. The van der Waals surface area contributed by atoms with Crippen molar-refractivity contribution >= 4 is 33.9 Å². The zero-order valence-corrected chi connectivity index (χ0v) is 22.0. The van der Waals surface area contributed by atoms with Gasteiger partial charge in [-0.25, -0.2) is 9.97 Å². The van der Waals surface area contributed by atoms with E-state index in [1.807, 2.05) is 6.07 Å². The number of carbonyl (C=O) groups is 2. The topological polar surface area (TPSA) is 72.0 Å². The molecule has 41 heavy (non-hydrogen) atoms. The largest absolute Gasteiger partial charge is 0.416 e. The minimum absolute atomic E-state index is 0.0126. The van der Waals surface area contributed by atoms with Crippen molar-refractivity contribution in [3.05, 3.63) is 120 Å². The third-order valence-electron chi connectivity index (χ3n) is 6.95. The summed E-state index contributed by atoms with van der Waals surface area (Å²) in [4.78, 5) is 33.2. The summed E-state index contributed by atoms with van der Waals surface area (Å²) in [7, 11) is 0. The van der Waals surface area contributed by atoms with Crippen LogP contribution in [0.2, 0.25) is 0 Å². The normalized spacial score (nSPS) is 13.3. The van der Waals surface area contributed by atoms with Crippen LogP contribution in [0.4, 0.5) is 18.9 Å². The number of alkyl halides is 3. The van der Waals surface area contributed by atoms with Gasteiger partial charge in [0.1, 0.15) is 6.33 Å². The minimum Gasteiger partial charge on any atom is -0.322 e. The number of benzene rings is 3. The second kappa shape index (κ2) is 11.7. The molecule has 206 valence electrons. The maximum absolute atomic E-state index is 13.0. The van der Waals surface area contributed by atoms with Gasteiger partial charge in [0.25, 0.3) is 5.91 Å². The Morgan fingerprint density at radius 2 is 1.83 bits per heavy atom. The second-order valence-electron chi connectivity index (χ2n) is 9.75. The van der Waals surface area contributed by atoms with Gasteiger partial charge in [0.15, 0.2) is 5.78 Å². The maximum Gasteiger partial charge on any atom is 0.416 e. The smallest absolute Gasteiger partial charge is 0.322 e. The molecule has 0 saturated heterocycles. The predicted molar refractivity (Wildman–Crippen MR) is 154 cm³/mol. The van der Waals surface area contributed by atoms with Crippen molar-refractivity contribution < 1.29 is 22.8 Å². The average Bonchev–Trinajstić information content (AvgIpc) is 2.99. The van der Waals surface area contributed by atoms with Crippen LogP contribution in [0.25, 0.3) is 27.6 Å². The molecular formula is C33H26F3N3O2. The fourth-order valence-corrected chi connectivity index (χ4v) is 4.83. The lowest BCUT2D eigenvalue weighted by molar-refractivity contribution is -0.137. The molecule has 1 aromatic heterocycles. The highest BCUT2D eigenvalue weighted by atomic mass is 19.4. The number of hydrogen-bond donors (Lipinski definition) is 1. The highest BCUT2D eigenvalue weighted by Gasteiger charge is 2.30. The van der Waals surface area contributed by atoms with Gasteiger partial charge < -0.3 is 5.32 Å². The summed E-state index contributed by atoms with van der Waals surface area (Å²) in [5.41, 5.74) is 5.35. The molecule has 1 aliphatic rings. The van der Waals surface area contributed by atoms with Crippen molar-refractivity contribution in [2.24, 2.45) is 0 Å². The molecular weight excluding hydrogens is 527 g/mol. The summed E-state index contributed by atoms with van der Waals surface area (Å²) in [6, 6.07) is 15.5. The first-order valence-electron chi connectivity index (χ1n) is 13.1. The van der Waals surface area contributed by atoms with E-state index < -0.39 is 17.6 Å². The molecule has 0 aliphatic heterocycles. The SMILES string of the molecule is C=CC(=O)CCC1=CCCC(c2cc(-c3ccc(C(=O)Nc4cccc(C(F)(F)F)c4)cc3)cc3cncnc23)=C1. The summed E-state index contributed by atoms with van der Waals surface area (Å²) in [6.45, 7) is 3.55. The first-order chi connectivity index (χ1) is 19.7. The first-order valence-corrected chi connectivity index (χ1v) is 13.1. The zero-order valence-electron chi connectivity index (χ0n) is 22.0. The van der Waals surface area contributed by atoms with Gasteiger partial charge in [-0.15, -0.1) is 0 Å². The van der Waals surface area contributed by atoms with Gasteiger partial charge in [-0.1, -0.05) is 42.5 Å². The summed E-state index contributed by atoms with van der Waals surface area (Å²) in [5.74, 6) is -0.497. The molecule has 0 bridgehead atoms. The lowest BCUT2D eigenvalue weighted by Crippen LogP contribution is -2.13. The molecule has 5 nitrogen and oxygen atoms in total. The van der Waals surface area contributed by atoms with Gasteiger partial charge in [-0.3, -0.25) is 9.59 Å². The molecule has 0 saturated carbocycles. The van der Waals surface area contributed by atoms with E-state index in [1.165, 1.54) is 24.5 Å². The van der Waals surface area contributed by atoms with E-state index in [-0.39, 0.29) is 11.5 Å². The number of halogens is 3. The van der Waals surface area contributed by atoms with Crippen LogP contribution in [-0.4, -0.2) is 21.7 Å². The Labute approximate surface area is 235 Å². The molecule has 1 N–H and O–H groups in total. The van der Waals surface area contributed by atoms with Gasteiger partial charge >= 0.3 is 6.18 Å². The number of fused-ring (bicyclic) bond motifs is 1. The van der Waals surface area contributed by atoms with Crippen LogP contribution in [0.3, 0.4) is 0 Å². The van der Waals surface area contributed by atoms with Gasteiger partial charge in [-0.05, 0) is 84.5 Å². The standard InChI is InChI=1S/C33H26F3N3O2/c1-2-29(40)14-9-21-5-3-6-24(15-21)30-17-25(16-26-19-37-20-38-31(26)30)22-10-12-23(13-11-22)32(41)39-28-8-4-7-27(18-28)33(34,35)36/h2,4-5,7-8,10-13,15-20H,1,3,6,9,14H2,(H,39,41). The Kier molecular flexibility index (Phi) is 7.92. The van der Waals surface area contributed by atoms with Crippen molar-refractivity contribution in [2.75, 3.05) is 5.32 Å². The van der Waals surface area contributed by atoms with Gasteiger partial charge in [0, 0.05) is 34.8 Å². The number of rotatable bonds is 8. The van der Waals surface area contributed by atoms with Crippen LogP contribution in [0, 0.1) is 0 Å². The molecule has 0 spiro atoms. The number of nitrogens with zero attached hydrogens (tertiary/aromatic N) is 2. The van der Waals surface area contributed by atoms with E-state index in [9.17, 15) is 22.8 Å². The van der Waals surface area contributed by atoms with Crippen LogP contribution in [0.5, 0.6) is 0 Å². The molecule has 0 radical (unpaired) electrons. The second-order valence-corrected chi connectivity index (χ2v) is 9.75. The number of allylic oxidation sites excluding steroid dienone is 5. The zero-order chi connectivity index (χ0) is 29.0. The Morgan fingerprint density at radius 1 is 1.02 bits per heavy atom. The van der Waals surface area contributed by atoms with E-state index in [4.69, 9.17) is 0 Å². The fraction of sp³-hybridized carbons (Fsp3) is 0.152. The van der Waals surface area contributed by atoms with Crippen LogP contribution in [0.1, 0.15) is 47.2 Å². The van der Waals surface area contributed by atoms with E-state index in [1.54, 1.807) is 30.5 Å². The number of amides is 1. The molecule has 1 aliphatic carbocycles. The molecule has 8 heteroatoms. The van der Waals surface area contributed by atoms with Gasteiger partial charge in [0.2, 0.25) is 0 Å². The fourth-order valence-electron chi connectivity index (χ4n) is 4.83. The van der Waals surface area contributed by atoms with Crippen LogP contribution >= 0.6 is 0 Å². The third-order valence-corrected chi connectivity index (χ3v) is 6.95. The Bertz CT molecular complexity index is 1700. The molecule has 1 heterocycles. The van der Waals surface area contributed by atoms with Crippen LogP contribution in [0.15, 0.2) is 104 Å². The molecule has 4 aromatic rings. The summed E-state index contributed by atoms with van der Waals surface area (Å²) < 4.78 is 39.1. The van der Waals surface area contributed by atoms with E-state index in [2.05, 4.69) is 40.1 Å². The average molecular weight is 554 g/mol. The Balaban J connectivity index is 1.41. The molecule has 3 aromatic carbocycles. The van der Waals surface area contributed by atoms with Crippen molar-refractivity contribution in [3.8, 4) is 11.1 Å². The highest BCUT2D eigenvalue weighted by molar-refractivity contribution is 6.04. The van der Waals surface area contributed by atoms with Crippen LogP contribution < -0.4 is 5.32 Å². The molecule has 5 rings (SSSR count). The molecule has 0 atom stereocenters. The quantitative estimate of drug-likeness (QED) is 0.223. The maximum atomic E-state index is 13.0. The monoisotopic (exact) mass is 553 g/mol. The van der Waals surface area contributed by atoms with Crippen molar-refractivity contribution in [1.82, 2.24) is 9.97 Å². The number of carbonyl (C=O) groups excluding carboxylic acids is 2. The highest BCUT2D eigenvalue weighted by Crippen LogP contribution is 2.36. The lowest BCUT2D eigenvalue weighted by atomic mass is 9.88. The Morgan fingerprint density at radius 3 is 2.59 bits per heavy atom. The number of nitrogens with one attached hydrogen (secondary N) is 1. The van der Waals surface area contributed by atoms with Crippen molar-refractivity contribution in [3.63, 3.8) is 0 Å². The summed E-state index contributed by atoms with van der Waals surface area (Å²) in [5, 5.41) is 3.40. The van der Waals surface area contributed by atoms with E-state index >= 15 is 0 Å². The summed E-state index contributed by atoms with van der Waals surface area (Å²) >= 11 is 0. The van der Waals surface area contributed by atoms with Gasteiger partial charge in [-0.2, -0.15) is 13.2 Å². The van der Waals surface area contributed by atoms with Crippen molar-refractivity contribution in [2.45, 2.75) is 31.9 Å². The number of hydrogen-bond acceptors (Lipinski definition) is 4. The summed E-state index contributed by atoms with van der Waals surface area (Å²) in [6.07, 6.45) is 7.16. The Hall–Kier alpha value is -4.85. The molecule has 0 fully saturated rings. The van der Waals surface area contributed by atoms with Gasteiger partial charge in [0.05, 0.1) is 11.1 Å².